The minimum atomic E-state index is -4.57. The monoisotopic (exact) mass is 459 g/mol. The number of aromatic nitrogens is 6. The molecule has 1 aliphatic carbocycles. The first-order valence-corrected chi connectivity index (χ1v) is 10.5. The summed E-state index contributed by atoms with van der Waals surface area (Å²) in [5.41, 5.74) is 0.110. The fourth-order valence-electron chi connectivity index (χ4n) is 3.65. The van der Waals surface area contributed by atoms with Gasteiger partial charge in [0.2, 0.25) is 5.91 Å². The van der Waals surface area contributed by atoms with Crippen LogP contribution in [0.5, 0.6) is 0 Å². The zero-order valence-corrected chi connectivity index (χ0v) is 17.8. The van der Waals surface area contributed by atoms with Gasteiger partial charge in [0.1, 0.15) is 17.7 Å². The van der Waals surface area contributed by atoms with Crippen LogP contribution >= 0.6 is 0 Å². The predicted octanol–water partition coefficient (Wildman–Crippen LogP) is 3.20. The lowest BCUT2D eigenvalue weighted by Gasteiger charge is -2.12. The maximum absolute atomic E-state index is 13.0. The van der Waals surface area contributed by atoms with Crippen molar-refractivity contribution in [1.82, 2.24) is 28.8 Å². The summed E-state index contributed by atoms with van der Waals surface area (Å²) < 4.78 is 42.5. The van der Waals surface area contributed by atoms with Crippen molar-refractivity contribution >= 4 is 22.8 Å². The first kappa shape index (κ1) is 21.2. The maximum Gasteiger partial charge on any atom is 0.434 e. The van der Waals surface area contributed by atoms with E-state index in [0.717, 1.165) is 29.4 Å². The summed E-state index contributed by atoms with van der Waals surface area (Å²) in [7, 11) is 0. The largest absolute Gasteiger partial charge is 0.434 e. The van der Waals surface area contributed by atoms with Gasteiger partial charge in [-0.1, -0.05) is 13.8 Å². The first-order valence-electron chi connectivity index (χ1n) is 10.5. The van der Waals surface area contributed by atoms with Crippen LogP contribution in [0, 0.1) is 0 Å². The number of imidazole rings is 1. The number of pyridine rings is 1. The number of carbonyl (C=O) groups is 1. The number of nitrogens with one attached hydrogen (secondary N) is 1. The standard InChI is InChI=1S/C21H20F3N7O2/c1-11(2)19-28-30(20(33)15-7-14(12-3-4-12)27-31(15)19)10-18(32)25-13-5-6-17-26-16(21(22,23)24)9-29(17)8-13/h5-9,11-12H,3-4,10H2,1-2H3,(H,25,32). The van der Waals surface area contributed by atoms with Crippen LogP contribution in [0.15, 0.2) is 35.4 Å². The Morgan fingerprint density at radius 2 is 1.97 bits per heavy atom. The Balaban J connectivity index is 1.42. The van der Waals surface area contributed by atoms with Gasteiger partial charge in [0.05, 0.1) is 11.4 Å². The number of nitrogens with zero attached hydrogens (tertiary/aromatic N) is 6. The second-order valence-corrected chi connectivity index (χ2v) is 8.47. The van der Waals surface area contributed by atoms with Gasteiger partial charge >= 0.3 is 6.18 Å². The van der Waals surface area contributed by atoms with Gasteiger partial charge in [0, 0.05) is 24.2 Å². The maximum atomic E-state index is 13.0. The molecule has 0 aliphatic heterocycles. The molecule has 0 atom stereocenters. The van der Waals surface area contributed by atoms with Gasteiger partial charge in [-0.2, -0.15) is 23.4 Å². The topological polar surface area (TPSA) is 98.6 Å². The average molecular weight is 459 g/mol. The lowest BCUT2D eigenvalue weighted by molar-refractivity contribution is -0.140. The smallest absolute Gasteiger partial charge is 0.323 e. The van der Waals surface area contributed by atoms with Crippen molar-refractivity contribution < 1.29 is 18.0 Å². The average Bonchev–Trinajstić information content (AvgIpc) is 3.33. The van der Waals surface area contributed by atoms with Crippen molar-refractivity contribution in [2.24, 2.45) is 0 Å². The Kier molecular flexibility index (Phi) is 4.76. The number of carbonyl (C=O) groups excluding carboxylic acids is 1. The van der Waals surface area contributed by atoms with Gasteiger partial charge in [-0.3, -0.25) is 9.59 Å². The van der Waals surface area contributed by atoms with Crippen LogP contribution in [0.2, 0.25) is 0 Å². The Hall–Kier alpha value is -3.70. The third kappa shape index (κ3) is 3.96. The molecular weight excluding hydrogens is 439 g/mol. The molecule has 0 saturated heterocycles. The van der Waals surface area contributed by atoms with Crippen molar-refractivity contribution in [3.63, 3.8) is 0 Å². The minimum absolute atomic E-state index is 0.0409. The van der Waals surface area contributed by atoms with E-state index in [9.17, 15) is 22.8 Å². The lowest BCUT2D eigenvalue weighted by atomic mass is 10.2. The van der Waals surface area contributed by atoms with Gasteiger partial charge in [-0.15, -0.1) is 0 Å². The Bertz CT molecular complexity index is 1440. The van der Waals surface area contributed by atoms with E-state index in [2.05, 4.69) is 20.5 Å². The lowest BCUT2D eigenvalue weighted by Crippen LogP contribution is -2.32. The van der Waals surface area contributed by atoms with Crippen molar-refractivity contribution in [1.29, 1.82) is 0 Å². The first-order chi connectivity index (χ1) is 15.6. The number of fused-ring (bicyclic) bond motifs is 2. The summed E-state index contributed by atoms with van der Waals surface area (Å²) in [6.45, 7) is 3.49. The number of hydrogen-bond donors (Lipinski definition) is 1. The highest BCUT2D eigenvalue weighted by atomic mass is 19.4. The summed E-state index contributed by atoms with van der Waals surface area (Å²) in [4.78, 5) is 29.1. The fourth-order valence-corrected chi connectivity index (χ4v) is 3.65. The van der Waals surface area contributed by atoms with Gasteiger partial charge in [-0.25, -0.2) is 14.2 Å². The molecule has 1 aliphatic rings. The molecule has 1 fully saturated rings. The molecule has 4 aromatic rings. The molecule has 1 saturated carbocycles. The summed E-state index contributed by atoms with van der Waals surface area (Å²) >= 11 is 0. The third-order valence-corrected chi connectivity index (χ3v) is 5.45. The van der Waals surface area contributed by atoms with Crippen LogP contribution in [0.4, 0.5) is 18.9 Å². The van der Waals surface area contributed by atoms with E-state index in [1.807, 2.05) is 13.8 Å². The third-order valence-electron chi connectivity index (χ3n) is 5.45. The molecule has 0 aromatic carbocycles. The molecule has 33 heavy (non-hydrogen) atoms. The van der Waals surface area contributed by atoms with E-state index in [0.29, 0.717) is 17.3 Å². The number of alkyl halides is 3. The molecule has 0 bridgehead atoms. The van der Waals surface area contributed by atoms with Crippen molar-refractivity contribution in [3.8, 4) is 0 Å². The van der Waals surface area contributed by atoms with E-state index in [4.69, 9.17) is 0 Å². The SMILES string of the molecule is CC(C)c1nn(CC(=O)Nc2ccc3nc(C(F)(F)F)cn3c2)c(=O)c2cc(C3CC3)nn12. The van der Waals surface area contributed by atoms with Crippen LogP contribution in [0.3, 0.4) is 0 Å². The van der Waals surface area contributed by atoms with Crippen LogP contribution < -0.4 is 10.9 Å². The van der Waals surface area contributed by atoms with Crippen LogP contribution in [-0.2, 0) is 17.5 Å². The molecule has 4 heterocycles. The molecule has 5 rings (SSSR count). The van der Waals surface area contributed by atoms with Gasteiger partial charge in [0.15, 0.2) is 11.5 Å². The van der Waals surface area contributed by atoms with Crippen LogP contribution in [0.1, 0.15) is 55.7 Å². The van der Waals surface area contributed by atoms with Gasteiger partial charge in [0.25, 0.3) is 5.56 Å². The highest BCUT2D eigenvalue weighted by Gasteiger charge is 2.34. The van der Waals surface area contributed by atoms with E-state index in [1.165, 1.54) is 22.7 Å². The summed E-state index contributed by atoms with van der Waals surface area (Å²) in [6, 6.07) is 4.56. The highest BCUT2D eigenvalue weighted by molar-refractivity contribution is 5.90. The summed E-state index contributed by atoms with van der Waals surface area (Å²) in [6.07, 6.45) is -0.320. The number of anilines is 1. The van der Waals surface area contributed by atoms with E-state index >= 15 is 0 Å². The zero-order chi connectivity index (χ0) is 23.5. The van der Waals surface area contributed by atoms with E-state index in [-0.39, 0.29) is 23.8 Å². The van der Waals surface area contributed by atoms with Crippen molar-refractivity contribution in [2.45, 2.75) is 51.2 Å². The fraction of sp³-hybridized carbons (Fsp3) is 0.381. The molecule has 1 N–H and O–H groups in total. The second-order valence-electron chi connectivity index (χ2n) is 8.47. The molecule has 0 unspecified atom stereocenters. The van der Waals surface area contributed by atoms with Crippen molar-refractivity contribution in [2.75, 3.05) is 5.32 Å². The normalized spacial score (nSPS) is 14.5. The molecule has 0 spiro atoms. The van der Waals surface area contributed by atoms with Crippen LogP contribution in [-0.4, -0.2) is 34.7 Å². The molecular formula is C21H20F3N7O2. The predicted molar refractivity (Wildman–Crippen MR) is 112 cm³/mol. The zero-order valence-electron chi connectivity index (χ0n) is 17.8. The molecule has 4 aromatic heterocycles. The molecule has 0 radical (unpaired) electrons. The van der Waals surface area contributed by atoms with Gasteiger partial charge in [-0.05, 0) is 31.0 Å². The summed E-state index contributed by atoms with van der Waals surface area (Å²) in [5.74, 6) is 0.336. The quantitative estimate of drug-likeness (QED) is 0.494. The van der Waals surface area contributed by atoms with E-state index in [1.54, 1.807) is 10.6 Å². The van der Waals surface area contributed by atoms with Crippen LogP contribution in [0.25, 0.3) is 11.2 Å². The molecule has 1 amide bonds. The number of rotatable bonds is 5. The number of amides is 1. The molecule has 172 valence electrons. The Morgan fingerprint density at radius 1 is 1.21 bits per heavy atom. The molecule has 9 nitrogen and oxygen atoms in total. The van der Waals surface area contributed by atoms with Crippen molar-refractivity contribution in [3.05, 3.63) is 58.2 Å². The number of hydrogen-bond acceptors (Lipinski definition) is 5. The second kappa shape index (κ2) is 7.42. The highest BCUT2D eigenvalue weighted by Crippen LogP contribution is 2.39. The van der Waals surface area contributed by atoms with Gasteiger partial charge < -0.3 is 9.72 Å². The summed E-state index contributed by atoms with van der Waals surface area (Å²) in [5, 5.41) is 11.5. The Morgan fingerprint density at radius 3 is 2.64 bits per heavy atom. The minimum Gasteiger partial charge on any atom is -0.323 e. The van der Waals surface area contributed by atoms with E-state index < -0.39 is 23.3 Å². The Labute approximate surface area is 184 Å². The molecule has 12 heteroatoms. The number of halogens is 3.